The molecular formula is C36H35N3O. The molecule has 200 valence electrons. The van der Waals surface area contributed by atoms with E-state index in [1.807, 2.05) is 43.3 Å². The number of hydrogen-bond donors (Lipinski definition) is 1. The molecule has 1 aromatic heterocycles. The van der Waals surface area contributed by atoms with Crippen molar-refractivity contribution < 1.29 is 4.79 Å². The summed E-state index contributed by atoms with van der Waals surface area (Å²) in [6.07, 6.45) is 0. The highest BCUT2D eigenvalue weighted by molar-refractivity contribution is 5.99. The number of nitrogens with one attached hydrogen (secondary N) is 1. The van der Waals surface area contributed by atoms with E-state index in [9.17, 15) is 4.79 Å². The van der Waals surface area contributed by atoms with Gasteiger partial charge in [-0.2, -0.15) is 0 Å². The fraction of sp³-hybridized carbons (Fsp3) is 0.222. The largest absolute Gasteiger partial charge is 0.346 e. The van der Waals surface area contributed by atoms with Gasteiger partial charge in [-0.25, -0.2) is 4.85 Å². The second-order valence-electron chi connectivity index (χ2n) is 10.9. The van der Waals surface area contributed by atoms with Gasteiger partial charge >= 0.3 is 0 Å². The van der Waals surface area contributed by atoms with Crippen molar-refractivity contribution in [1.29, 1.82) is 0 Å². The fourth-order valence-corrected chi connectivity index (χ4v) is 5.33. The summed E-state index contributed by atoms with van der Waals surface area (Å²) in [6, 6.07) is 30.5. The van der Waals surface area contributed by atoms with Crippen LogP contribution in [0.2, 0.25) is 0 Å². The van der Waals surface area contributed by atoms with Crippen LogP contribution in [-0.4, -0.2) is 10.5 Å². The maximum Gasteiger partial charge on any atom is 0.251 e. The Bertz CT molecular complexity index is 1740. The third-order valence-corrected chi connectivity index (χ3v) is 7.96. The van der Waals surface area contributed by atoms with Crippen LogP contribution < -0.4 is 5.32 Å². The minimum atomic E-state index is -0.0842. The zero-order chi connectivity index (χ0) is 28.4. The van der Waals surface area contributed by atoms with E-state index in [0.29, 0.717) is 17.2 Å². The molecule has 0 radical (unpaired) electrons. The topological polar surface area (TPSA) is 38.4 Å². The zero-order valence-corrected chi connectivity index (χ0v) is 23.8. The van der Waals surface area contributed by atoms with Crippen molar-refractivity contribution >= 4 is 22.5 Å². The van der Waals surface area contributed by atoms with Crippen LogP contribution in [0.25, 0.3) is 26.9 Å². The van der Waals surface area contributed by atoms with E-state index in [0.717, 1.165) is 34.1 Å². The van der Waals surface area contributed by atoms with Gasteiger partial charge in [-0.05, 0) is 78.3 Å². The number of aryl methyl sites for hydroxylation is 1. The third kappa shape index (κ3) is 5.28. The first-order valence-corrected chi connectivity index (χ1v) is 13.8. The highest BCUT2D eigenvalue weighted by Crippen LogP contribution is 2.31. The number of carbonyl (C=O) groups is 1. The maximum absolute atomic E-state index is 13.2. The van der Waals surface area contributed by atoms with Crippen LogP contribution in [0.3, 0.4) is 0 Å². The predicted octanol–water partition coefficient (Wildman–Crippen LogP) is 9.14. The summed E-state index contributed by atoms with van der Waals surface area (Å²) in [6.45, 7) is 18.9. The van der Waals surface area contributed by atoms with Gasteiger partial charge in [0.15, 0.2) is 5.69 Å². The van der Waals surface area contributed by atoms with Crippen LogP contribution in [-0.2, 0) is 6.54 Å². The van der Waals surface area contributed by atoms with Crippen molar-refractivity contribution in [2.75, 3.05) is 0 Å². The van der Waals surface area contributed by atoms with Crippen LogP contribution in [0.1, 0.15) is 71.0 Å². The van der Waals surface area contributed by atoms with Gasteiger partial charge in [0.2, 0.25) is 0 Å². The van der Waals surface area contributed by atoms with Crippen molar-refractivity contribution in [2.24, 2.45) is 0 Å². The van der Waals surface area contributed by atoms with Crippen molar-refractivity contribution in [2.45, 2.75) is 53.1 Å². The van der Waals surface area contributed by atoms with Crippen LogP contribution >= 0.6 is 0 Å². The molecule has 0 aliphatic carbocycles. The van der Waals surface area contributed by atoms with E-state index in [4.69, 9.17) is 6.57 Å². The van der Waals surface area contributed by atoms with Crippen molar-refractivity contribution in [3.05, 3.63) is 136 Å². The van der Waals surface area contributed by atoms with Gasteiger partial charge in [0.25, 0.3) is 5.91 Å². The van der Waals surface area contributed by atoms with Gasteiger partial charge in [-0.15, -0.1) is 0 Å². The monoisotopic (exact) mass is 525 g/mol. The molecule has 1 atom stereocenters. The smallest absolute Gasteiger partial charge is 0.251 e. The van der Waals surface area contributed by atoms with E-state index in [-0.39, 0.29) is 11.9 Å². The normalized spacial score (nSPS) is 11.9. The Morgan fingerprint density at radius 3 is 2.33 bits per heavy atom. The Morgan fingerprint density at radius 2 is 1.60 bits per heavy atom. The average molecular weight is 526 g/mol. The van der Waals surface area contributed by atoms with Gasteiger partial charge in [0, 0.05) is 28.7 Å². The molecule has 5 aromatic rings. The quantitative estimate of drug-likeness (QED) is 0.211. The fourth-order valence-electron chi connectivity index (χ4n) is 5.33. The lowest BCUT2D eigenvalue weighted by Gasteiger charge is -2.16. The van der Waals surface area contributed by atoms with Gasteiger partial charge in [-0.1, -0.05) is 86.6 Å². The molecule has 1 N–H and O–H groups in total. The summed E-state index contributed by atoms with van der Waals surface area (Å²) in [5.74, 6) is 0.379. The summed E-state index contributed by atoms with van der Waals surface area (Å²) in [5, 5.41) is 4.29. The van der Waals surface area contributed by atoms with Crippen LogP contribution in [0.4, 0.5) is 5.69 Å². The lowest BCUT2D eigenvalue weighted by atomic mass is 9.98. The number of carbonyl (C=O) groups excluding carboxylic acids is 1. The number of amides is 1. The van der Waals surface area contributed by atoms with E-state index in [1.165, 1.54) is 22.4 Å². The highest BCUT2D eigenvalue weighted by Gasteiger charge is 2.17. The standard InChI is InChI=1S/C36H35N3O/c1-23(2)29-10-9-11-30(20-29)25(4)38-36(40)31-18-19-35-33(21-31)24(3)26(5)39(35)22-27-14-16-28(17-15-27)32-12-7-8-13-34(32)37-6/h7-21,23,25H,22H2,1-5H3,(H,38,40)/t25-/m0/s1. The molecule has 0 saturated heterocycles. The van der Waals surface area contributed by atoms with Gasteiger partial charge < -0.3 is 9.88 Å². The summed E-state index contributed by atoms with van der Waals surface area (Å²) in [5.41, 5.74) is 10.4. The van der Waals surface area contributed by atoms with Crippen molar-refractivity contribution in [1.82, 2.24) is 9.88 Å². The Kier molecular flexibility index (Phi) is 7.58. The molecular weight excluding hydrogens is 490 g/mol. The number of benzene rings is 4. The molecule has 4 nitrogen and oxygen atoms in total. The number of nitrogens with zero attached hydrogens (tertiary/aromatic N) is 2. The molecule has 4 aromatic carbocycles. The van der Waals surface area contributed by atoms with Gasteiger partial charge in [0.1, 0.15) is 0 Å². The van der Waals surface area contributed by atoms with E-state index >= 15 is 0 Å². The molecule has 0 spiro atoms. The molecule has 4 heteroatoms. The number of para-hydroxylation sites is 1. The molecule has 0 fully saturated rings. The number of aromatic nitrogens is 1. The van der Waals surface area contributed by atoms with Crippen molar-refractivity contribution in [3.63, 3.8) is 0 Å². The summed E-state index contributed by atoms with van der Waals surface area (Å²) in [7, 11) is 0. The summed E-state index contributed by atoms with van der Waals surface area (Å²) in [4.78, 5) is 16.9. The second kappa shape index (κ2) is 11.2. The predicted molar refractivity (Wildman–Crippen MR) is 165 cm³/mol. The number of rotatable bonds is 7. The second-order valence-corrected chi connectivity index (χ2v) is 10.9. The summed E-state index contributed by atoms with van der Waals surface area (Å²) >= 11 is 0. The molecule has 0 unspecified atom stereocenters. The number of hydrogen-bond acceptors (Lipinski definition) is 1. The number of fused-ring (bicyclic) bond motifs is 1. The minimum Gasteiger partial charge on any atom is -0.346 e. The van der Waals surface area contributed by atoms with Crippen LogP contribution in [0.15, 0.2) is 91.0 Å². The first kappa shape index (κ1) is 27.0. The maximum atomic E-state index is 13.2. The molecule has 1 heterocycles. The van der Waals surface area contributed by atoms with Crippen LogP contribution in [0.5, 0.6) is 0 Å². The Hall–Kier alpha value is -4.62. The van der Waals surface area contributed by atoms with Crippen molar-refractivity contribution in [3.8, 4) is 11.1 Å². The Balaban J connectivity index is 1.37. The lowest BCUT2D eigenvalue weighted by molar-refractivity contribution is 0.0940. The third-order valence-electron chi connectivity index (χ3n) is 7.96. The van der Waals surface area contributed by atoms with E-state index < -0.39 is 0 Å². The molecule has 0 saturated carbocycles. The zero-order valence-electron chi connectivity index (χ0n) is 23.8. The Labute approximate surface area is 237 Å². The van der Waals surface area contributed by atoms with Gasteiger partial charge in [0.05, 0.1) is 12.6 Å². The van der Waals surface area contributed by atoms with E-state index in [2.05, 4.69) is 97.0 Å². The average Bonchev–Trinajstić information content (AvgIpc) is 3.21. The Morgan fingerprint density at radius 1 is 0.875 bits per heavy atom. The molecule has 0 aliphatic rings. The minimum absolute atomic E-state index is 0.0653. The molecule has 0 aliphatic heterocycles. The first-order chi connectivity index (χ1) is 19.3. The molecule has 1 amide bonds. The summed E-state index contributed by atoms with van der Waals surface area (Å²) < 4.78 is 2.31. The molecule has 5 rings (SSSR count). The highest BCUT2D eigenvalue weighted by atomic mass is 16.1. The van der Waals surface area contributed by atoms with Crippen LogP contribution in [0, 0.1) is 20.4 Å². The molecule has 0 bridgehead atoms. The van der Waals surface area contributed by atoms with E-state index in [1.54, 1.807) is 0 Å². The SMILES string of the molecule is [C-]#[N+]c1ccccc1-c1ccc(Cn2c(C)c(C)c3cc(C(=O)N[C@@H](C)c4cccc(C(C)C)c4)ccc32)cc1. The first-order valence-electron chi connectivity index (χ1n) is 13.8. The molecule has 40 heavy (non-hydrogen) atoms. The van der Waals surface area contributed by atoms with Gasteiger partial charge in [-0.3, -0.25) is 4.79 Å². The lowest BCUT2D eigenvalue weighted by Crippen LogP contribution is -2.26.